The van der Waals surface area contributed by atoms with Crippen LogP contribution < -0.4 is 9.47 Å². The average molecular weight is 255 g/mol. The van der Waals surface area contributed by atoms with Crippen molar-refractivity contribution in [3.8, 4) is 11.5 Å². The third-order valence-corrected chi connectivity index (χ3v) is 4.39. The Morgan fingerprint density at radius 1 is 1.18 bits per heavy atom. The third kappa shape index (κ3) is 1.87. The van der Waals surface area contributed by atoms with Gasteiger partial charge in [0, 0.05) is 13.1 Å². The Morgan fingerprint density at radius 3 is 2.47 bits per heavy atom. The van der Waals surface area contributed by atoms with Crippen molar-refractivity contribution in [2.75, 3.05) is 19.6 Å². The molecule has 6 heteroatoms. The van der Waals surface area contributed by atoms with E-state index in [0.29, 0.717) is 18.8 Å². The first-order valence-electron chi connectivity index (χ1n) is 5.40. The van der Waals surface area contributed by atoms with E-state index in [9.17, 15) is 8.42 Å². The zero-order valence-electron chi connectivity index (χ0n) is 9.47. The van der Waals surface area contributed by atoms with Crippen molar-refractivity contribution in [3.05, 3.63) is 23.3 Å². The fourth-order valence-corrected chi connectivity index (χ4v) is 3.00. The van der Waals surface area contributed by atoms with Gasteiger partial charge < -0.3 is 9.47 Å². The second kappa shape index (κ2) is 3.61. The second-order valence-corrected chi connectivity index (χ2v) is 6.30. The van der Waals surface area contributed by atoms with E-state index in [-0.39, 0.29) is 6.79 Å². The van der Waals surface area contributed by atoms with Crippen molar-refractivity contribution >= 4 is 10.0 Å². The summed E-state index contributed by atoms with van der Waals surface area (Å²) < 4.78 is 35.1. The molecule has 17 heavy (non-hydrogen) atoms. The Bertz CT molecular complexity index is 567. The van der Waals surface area contributed by atoms with Crippen LogP contribution in [0.2, 0.25) is 0 Å². The van der Waals surface area contributed by atoms with E-state index in [4.69, 9.17) is 9.47 Å². The molecule has 0 bridgehead atoms. The van der Waals surface area contributed by atoms with E-state index in [0.717, 1.165) is 23.3 Å². The lowest BCUT2D eigenvalue weighted by molar-refractivity contribution is 0.174. The molecule has 0 aliphatic carbocycles. The summed E-state index contributed by atoms with van der Waals surface area (Å²) in [6.45, 7) is 1.20. The zero-order valence-corrected chi connectivity index (χ0v) is 10.3. The molecular weight excluding hydrogens is 242 g/mol. The lowest BCUT2D eigenvalue weighted by Crippen LogP contribution is -2.35. The van der Waals surface area contributed by atoms with Crippen molar-refractivity contribution in [1.82, 2.24) is 4.31 Å². The van der Waals surface area contributed by atoms with E-state index < -0.39 is 10.0 Å². The highest BCUT2D eigenvalue weighted by Crippen LogP contribution is 2.36. The SMILES string of the molecule is CS(=O)(=O)N1CCc2cc3c(cc2C1)OCO3. The highest BCUT2D eigenvalue weighted by atomic mass is 32.2. The molecular formula is C11H13NO4S. The molecule has 0 saturated carbocycles. The fourth-order valence-electron chi connectivity index (χ4n) is 2.20. The first kappa shape index (κ1) is 10.9. The number of sulfonamides is 1. The van der Waals surface area contributed by atoms with E-state index in [2.05, 4.69) is 0 Å². The minimum Gasteiger partial charge on any atom is -0.454 e. The maximum absolute atomic E-state index is 11.5. The topological polar surface area (TPSA) is 55.8 Å². The van der Waals surface area contributed by atoms with Crippen molar-refractivity contribution in [1.29, 1.82) is 0 Å². The van der Waals surface area contributed by atoms with Gasteiger partial charge in [0.25, 0.3) is 0 Å². The molecule has 0 amide bonds. The van der Waals surface area contributed by atoms with Crippen LogP contribution >= 0.6 is 0 Å². The predicted molar refractivity (Wildman–Crippen MR) is 61.5 cm³/mol. The standard InChI is InChI=1S/C11H13NO4S/c1-17(13,14)12-3-2-8-4-10-11(16-7-15-10)5-9(8)6-12/h4-5H,2-3,6-7H2,1H3. The highest BCUT2D eigenvalue weighted by Gasteiger charge is 2.26. The quantitative estimate of drug-likeness (QED) is 0.742. The van der Waals surface area contributed by atoms with Gasteiger partial charge in [-0.1, -0.05) is 0 Å². The van der Waals surface area contributed by atoms with Crippen molar-refractivity contribution < 1.29 is 17.9 Å². The van der Waals surface area contributed by atoms with Gasteiger partial charge in [0.2, 0.25) is 16.8 Å². The van der Waals surface area contributed by atoms with Crippen molar-refractivity contribution in [2.24, 2.45) is 0 Å². The summed E-state index contributed by atoms with van der Waals surface area (Å²) in [5, 5.41) is 0. The minimum absolute atomic E-state index is 0.244. The molecule has 0 aromatic heterocycles. The number of hydrogen-bond acceptors (Lipinski definition) is 4. The molecule has 2 aliphatic heterocycles. The van der Waals surface area contributed by atoms with Crippen LogP contribution in [0.5, 0.6) is 11.5 Å². The van der Waals surface area contributed by atoms with Gasteiger partial charge >= 0.3 is 0 Å². The molecule has 3 rings (SSSR count). The molecule has 0 N–H and O–H groups in total. The van der Waals surface area contributed by atoms with Crippen LogP contribution in [0.15, 0.2) is 12.1 Å². The Hall–Kier alpha value is -1.27. The summed E-state index contributed by atoms with van der Waals surface area (Å²) >= 11 is 0. The Morgan fingerprint density at radius 2 is 1.82 bits per heavy atom. The van der Waals surface area contributed by atoms with Gasteiger partial charge in [0.15, 0.2) is 11.5 Å². The molecule has 0 saturated heterocycles. The molecule has 2 aliphatic rings. The number of rotatable bonds is 1. The van der Waals surface area contributed by atoms with Gasteiger partial charge in [0.05, 0.1) is 6.26 Å². The Balaban J connectivity index is 1.98. The number of nitrogens with zero attached hydrogens (tertiary/aromatic N) is 1. The molecule has 92 valence electrons. The van der Waals surface area contributed by atoms with Gasteiger partial charge in [-0.2, -0.15) is 4.31 Å². The summed E-state index contributed by atoms with van der Waals surface area (Å²) in [5.74, 6) is 1.47. The fraction of sp³-hybridized carbons (Fsp3) is 0.455. The maximum Gasteiger partial charge on any atom is 0.231 e. The van der Waals surface area contributed by atoms with Gasteiger partial charge in [-0.3, -0.25) is 0 Å². The maximum atomic E-state index is 11.5. The van der Waals surface area contributed by atoms with E-state index >= 15 is 0 Å². The van der Waals surface area contributed by atoms with Gasteiger partial charge in [-0.15, -0.1) is 0 Å². The van der Waals surface area contributed by atoms with Crippen molar-refractivity contribution in [3.63, 3.8) is 0 Å². The third-order valence-electron chi connectivity index (χ3n) is 3.14. The lowest BCUT2D eigenvalue weighted by Gasteiger charge is -2.26. The minimum atomic E-state index is -3.12. The molecule has 0 fully saturated rings. The van der Waals surface area contributed by atoms with Crippen LogP contribution in [0.25, 0.3) is 0 Å². The number of hydrogen-bond donors (Lipinski definition) is 0. The van der Waals surface area contributed by atoms with Gasteiger partial charge in [-0.25, -0.2) is 8.42 Å². The summed E-state index contributed by atoms with van der Waals surface area (Å²) in [6.07, 6.45) is 1.96. The number of benzene rings is 1. The first-order valence-corrected chi connectivity index (χ1v) is 7.25. The van der Waals surface area contributed by atoms with Crippen molar-refractivity contribution in [2.45, 2.75) is 13.0 Å². The Kier molecular flexibility index (Phi) is 2.31. The van der Waals surface area contributed by atoms with Crippen LogP contribution in [0.4, 0.5) is 0 Å². The largest absolute Gasteiger partial charge is 0.454 e. The van der Waals surface area contributed by atoms with Crippen LogP contribution in [-0.2, 0) is 23.0 Å². The molecule has 2 heterocycles. The zero-order chi connectivity index (χ0) is 12.0. The molecule has 0 radical (unpaired) electrons. The van der Waals surface area contributed by atoms with Crippen LogP contribution in [0.1, 0.15) is 11.1 Å². The summed E-state index contributed by atoms with van der Waals surface area (Å²) in [6, 6.07) is 3.84. The number of fused-ring (bicyclic) bond motifs is 2. The molecule has 0 spiro atoms. The van der Waals surface area contributed by atoms with Crippen LogP contribution in [0.3, 0.4) is 0 Å². The molecule has 1 aromatic carbocycles. The average Bonchev–Trinajstić information content (AvgIpc) is 2.70. The summed E-state index contributed by atoms with van der Waals surface area (Å²) in [4.78, 5) is 0. The van der Waals surface area contributed by atoms with Crippen LogP contribution in [0, 0.1) is 0 Å². The predicted octanol–water partition coefficient (Wildman–Crippen LogP) is 0.733. The van der Waals surface area contributed by atoms with Crippen LogP contribution in [-0.4, -0.2) is 32.3 Å². The monoisotopic (exact) mass is 255 g/mol. The molecule has 0 atom stereocenters. The normalized spacial score (nSPS) is 19.1. The van der Waals surface area contributed by atoms with E-state index in [1.54, 1.807) is 0 Å². The van der Waals surface area contributed by atoms with Gasteiger partial charge in [0.1, 0.15) is 0 Å². The first-order chi connectivity index (χ1) is 8.04. The van der Waals surface area contributed by atoms with E-state index in [1.165, 1.54) is 10.6 Å². The van der Waals surface area contributed by atoms with Gasteiger partial charge in [-0.05, 0) is 29.7 Å². The summed E-state index contributed by atoms with van der Waals surface area (Å²) in [7, 11) is -3.12. The second-order valence-electron chi connectivity index (χ2n) is 4.32. The smallest absolute Gasteiger partial charge is 0.231 e. The molecule has 5 nitrogen and oxygen atoms in total. The lowest BCUT2D eigenvalue weighted by atomic mass is 10.0. The number of ether oxygens (including phenoxy) is 2. The molecule has 0 unspecified atom stereocenters. The van der Waals surface area contributed by atoms with E-state index in [1.807, 2.05) is 12.1 Å². The summed E-state index contributed by atoms with van der Waals surface area (Å²) in [5.41, 5.74) is 2.15. The molecule has 1 aromatic rings. The highest BCUT2D eigenvalue weighted by molar-refractivity contribution is 7.88. The Labute approximate surface area is 100.0 Å².